The minimum atomic E-state index is -0.230. The topological polar surface area (TPSA) is 65.1 Å². The predicted octanol–water partition coefficient (Wildman–Crippen LogP) is 1.42. The van der Waals surface area contributed by atoms with Crippen molar-refractivity contribution in [3.05, 3.63) is 52.2 Å². The zero-order chi connectivity index (χ0) is 14.1. The average molecular weight is 287 g/mol. The van der Waals surface area contributed by atoms with Crippen LogP contribution in [0.25, 0.3) is 5.78 Å². The van der Waals surface area contributed by atoms with Crippen LogP contribution in [0.1, 0.15) is 11.4 Å². The maximum absolute atomic E-state index is 12.0. The fraction of sp³-hybridized carbons (Fsp3) is 0.231. The number of hydrogen-bond acceptors (Lipinski definition) is 5. The first-order chi connectivity index (χ1) is 9.65. The van der Waals surface area contributed by atoms with Crippen molar-refractivity contribution in [1.82, 2.24) is 24.1 Å². The van der Waals surface area contributed by atoms with Gasteiger partial charge in [-0.3, -0.25) is 4.57 Å². The highest BCUT2D eigenvalue weighted by atomic mass is 32.2. The van der Waals surface area contributed by atoms with E-state index in [1.165, 1.54) is 26.4 Å². The molecule has 3 rings (SSSR count). The van der Waals surface area contributed by atoms with Gasteiger partial charge >= 0.3 is 5.69 Å². The molecule has 102 valence electrons. The summed E-state index contributed by atoms with van der Waals surface area (Å²) in [5, 5.41) is 4.76. The highest BCUT2D eigenvalue weighted by Crippen LogP contribution is 2.18. The highest BCUT2D eigenvalue weighted by Gasteiger charge is 2.10. The standard InChI is InChI=1S/C13H13N5OS/c1-9-14-11-15-12(16-18(11)13(19)17(9)2)20-8-10-6-4-3-5-7-10/h3-7H,8H2,1-2H3. The molecule has 0 atom stereocenters. The summed E-state index contributed by atoms with van der Waals surface area (Å²) >= 11 is 1.49. The molecule has 0 spiro atoms. The molecule has 0 aliphatic heterocycles. The molecule has 20 heavy (non-hydrogen) atoms. The molecule has 0 saturated heterocycles. The first-order valence-electron chi connectivity index (χ1n) is 6.12. The SMILES string of the molecule is Cc1nc2nc(SCc3ccccc3)nn2c(=O)n1C. The zero-order valence-electron chi connectivity index (χ0n) is 11.1. The van der Waals surface area contributed by atoms with E-state index in [-0.39, 0.29) is 5.69 Å². The van der Waals surface area contributed by atoms with Gasteiger partial charge in [-0.1, -0.05) is 42.1 Å². The van der Waals surface area contributed by atoms with Gasteiger partial charge in [0.25, 0.3) is 5.78 Å². The lowest BCUT2D eigenvalue weighted by Crippen LogP contribution is -2.28. The molecule has 0 bridgehead atoms. The summed E-state index contributed by atoms with van der Waals surface area (Å²) in [5.41, 5.74) is 0.958. The predicted molar refractivity (Wildman–Crippen MR) is 76.8 cm³/mol. The minimum Gasteiger partial charge on any atom is -0.283 e. The van der Waals surface area contributed by atoms with Gasteiger partial charge in [0, 0.05) is 12.8 Å². The molecule has 2 heterocycles. The largest absolute Gasteiger partial charge is 0.353 e. The third kappa shape index (κ3) is 2.32. The lowest BCUT2D eigenvalue weighted by Gasteiger charge is -2.00. The lowest BCUT2D eigenvalue weighted by atomic mass is 10.2. The molecule has 1 aromatic carbocycles. The Morgan fingerprint density at radius 2 is 1.95 bits per heavy atom. The second kappa shape index (κ2) is 5.09. The Balaban J connectivity index is 1.90. The zero-order valence-corrected chi connectivity index (χ0v) is 12.0. The van der Waals surface area contributed by atoms with Crippen LogP contribution in [0.3, 0.4) is 0 Å². The van der Waals surface area contributed by atoms with Crippen LogP contribution in [0.4, 0.5) is 0 Å². The van der Waals surface area contributed by atoms with Crippen LogP contribution in [0, 0.1) is 6.92 Å². The summed E-state index contributed by atoms with van der Waals surface area (Å²) in [6.45, 7) is 1.77. The number of fused-ring (bicyclic) bond motifs is 1. The number of aromatic nitrogens is 5. The summed E-state index contributed by atoms with van der Waals surface area (Å²) in [6.07, 6.45) is 0. The van der Waals surface area contributed by atoms with Gasteiger partial charge in [-0.05, 0) is 12.5 Å². The number of rotatable bonds is 3. The number of benzene rings is 1. The molecule has 0 N–H and O–H groups in total. The molecule has 0 aliphatic rings. The molecule has 0 fully saturated rings. The van der Waals surface area contributed by atoms with Crippen molar-refractivity contribution in [2.45, 2.75) is 17.8 Å². The van der Waals surface area contributed by atoms with Crippen LogP contribution < -0.4 is 5.69 Å². The van der Waals surface area contributed by atoms with Crippen LogP contribution in [-0.4, -0.2) is 24.1 Å². The Hall–Kier alpha value is -2.15. The van der Waals surface area contributed by atoms with Gasteiger partial charge < -0.3 is 0 Å². The molecule has 0 saturated carbocycles. The highest BCUT2D eigenvalue weighted by molar-refractivity contribution is 7.98. The molecule has 3 aromatic rings. The molecular formula is C13H13N5OS. The summed E-state index contributed by atoms with van der Waals surface area (Å²) in [4.78, 5) is 20.5. The average Bonchev–Trinajstić information content (AvgIpc) is 2.87. The Kier molecular flexibility index (Phi) is 3.27. The van der Waals surface area contributed by atoms with Crippen molar-refractivity contribution in [1.29, 1.82) is 0 Å². The molecule has 0 aliphatic carbocycles. The van der Waals surface area contributed by atoms with Crippen LogP contribution in [0.15, 0.2) is 40.3 Å². The molecule has 0 amide bonds. The van der Waals surface area contributed by atoms with Gasteiger partial charge in [0.15, 0.2) is 0 Å². The summed E-state index contributed by atoms with van der Waals surface area (Å²) in [5.74, 6) is 1.73. The first-order valence-corrected chi connectivity index (χ1v) is 7.11. The number of hydrogen-bond donors (Lipinski definition) is 0. The second-order valence-corrected chi connectivity index (χ2v) is 5.32. The van der Waals surface area contributed by atoms with Gasteiger partial charge in [-0.25, -0.2) is 4.79 Å². The van der Waals surface area contributed by atoms with Gasteiger partial charge in [0.05, 0.1) is 0 Å². The van der Waals surface area contributed by atoms with E-state index in [0.29, 0.717) is 16.8 Å². The minimum absolute atomic E-state index is 0.230. The molecular weight excluding hydrogens is 274 g/mol. The van der Waals surface area contributed by atoms with Crippen LogP contribution in [0.2, 0.25) is 0 Å². The van der Waals surface area contributed by atoms with Crippen LogP contribution in [0.5, 0.6) is 0 Å². The Bertz CT molecular complexity index is 809. The van der Waals surface area contributed by atoms with E-state index in [1.807, 2.05) is 30.3 Å². The van der Waals surface area contributed by atoms with Crippen molar-refractivity contribution in [2.75, 3.05) is 0 Å². The van der Waals surface area contributed by atoms with Gasteiger partial charge in [-0.15, -0.1) is 9.61 Å². The molecule has 0 unspecified atom stereocenters. The summed E-state index contributed by atoms with van der Waals surface area (Å²) in [6, 6.07) is 10.1. The molecule has 7 heteroatoms. The maximum Gasteiger partial charge on any atom is 0.353 e. The van der Waals surface area contributed by atoms with Gasteiger partial charge in [0.2, 0.25) is 5.16 Å². The smallest absolute Gasteiger partial charge is 0.283 e. The third-order valence-electron chi connectivity index (χ3n) is 3.00. The van der Waals surface area contributed by atoms with Crippen molar-refractivity contribution in [2.24, 2.45) is 7.05 Å². The van der Waals surface area contributed by atoms with Gasteiger partial charge in [-0.2, -0.15) is 9.97 Å². The van der Waals surface area contributed by atoms with E-state index < -0.39 is 0 Å². The van der Waals surface area contributed by atoms with E-state index >= 15 is 0 Å². The second-order valence-electron chi connectivity index (χ2n) is 4.38. The van der Waals surface area contributed by atoms with Crippen LogP contribution >= 0.6 is 11.8 Å². The van der Waals surface area contributed by atoms with Crippen molar-refractivity contribution >= 4 is 17.5 Å². The number of aryl methyl sites for hydroxylation is 1. The number of nitrogens with zero attached hydrogens (tertiary/aromatic N) is 5. The monoisotopic (exact) mass is 287 g/mol. The van der Waals surface area contributed by atoms with Crippen molar-refractivity contribution in [3.8, 4) is 0 Å². The first kappa shape index (κ1) is 12.9. The third-order valence-corrected chi connectivity index (χ3v) is 3.91. The quantitative estimate of drug-likeness (QED) is 0.682. The fourth-order valence-corrected chi connectivity index (χ4v) is 2.54. The van der Waals surface area contributed by atoms with E-state index in [1.54, 1.807) is 14.0 Å². The molecule has 0 radical (unpaired) electrons. The normalized spacial score (nSPS) is 11.1. The van der Waals surface area contributed by atoms with Crippen molar-refractivity contribution < 1.29 is 0 Å². The maximum atomic E-state index is 12.0. The summed E-state index contributed by atoms with van der Waals surface area (Å²) in [7, 11) is 1.67. The van der Waals surface area contributed by atoms with E-state index in [4.69, 9.17) is 0 Å². The summed E-state index contributed by atoms with van der Waals surface area (Å²) < 4.78 is 2.69. The van der Waals surface area contributed by atoms with Gasteiger partial charge in [0.1, 0.15) is 5.82 Å². The lowest BCUT2D eigenvalue weighted by molar-refractivity contribution is 0.680. The Morgan fingerprint density at radius 3 is 2.70 bits per heavy atom. The van der Waals surface area contributed by atoms with E-state index in [0.717, 1.165) is 5.75 Å². The van der Waals surface area contributed by atoms with Crippen molar-refractivity contribution in [3.63, 3.8) is 0 Å². The Labute approximate surface area is 119 Å². The number of thioether (sulfide) groups is 1. The van der Waals surface area contributed by atoms with E-state index in [9.17, 15) is 4.79 Å². The van der Waals surface area contributed by atoms with E-state index in [2.05, 4.69) is 15.1 Å². The van der Waals surface area contributed by atoms with Crippen LogP contribution in [-0.2, 0) is 12.8 Å². The Morgan fingerprint density at radius 1 is 1.20 bits per heavy atom. The fourth-order valence-electron chi connectivity index (χ4n) is 1.77. The molecule has 2 aromatic heterocycles. The molecule has 6 nitrogen and oxygen atoms in total.